The number of fused-ring (bicyclic) bond motifs is 1. The molecule has 0 unspecified atom stereocenters. The van der Waals surface area contributed by atoms with Crippen LogP contribution in [0.5, 0.6) is 0 Å². The molecule has 0 radical (unpaired) electrons. The molecule has 43 heavy (non-hydrogen) atoms. The van der Waals surface area contributed by atoms with Crippen molar-refractivity contribution in [3.05, 3.63) is 75.4 Å². The van der Waals surface area contributed by atoms with E-state index in [0.717, 1.165) is 6.07 Å². The van der Waals surface area contributed by atoms with Crippen molar-refractivity contribution in [2.45, 2.75) is 43.4 Å². The van der Waals surface area contributed by atoms with Gasteiger partial charge in [0.15, 0.2) is 17.5 Å². The number of nitrogens with one attached hydrogen (secondary N) is 3. The molecule has 5 rings (SSSR count). The summed E-state index contributed by atoms with van der Waals surface area (Å²) < 4.78 is 88.3. The van der Waals surface area contributed by atoms with Crippen LogP contribution in [0.15, 0.2) is 52.3 Å². The third-order valence-corrected chi connectivity index (χ3v) is 8.46. The Morgan fingerprint density at radius 2 is 1.79 bits per heavy atom. The molecule has 0 aliphatic carbocycles. The van der Waals surface area contributed by atoms with E-state index in [9.17, 15) is 17.6 Å². The molecule has 16 heteroatoms. The first-order valence-corrected chi connectivity index (χ1v) is 14.7. The molecule has 2 aromatic heterocycles. The van der Waals surface area contributed by atoms with E-state index in [2.05, 4.69) is 20.6 Å². The molecular formula is C27H26Cl2F4N6O3S. The highest BCUT2D eigenvalue weighted by molar-refractivity contribution is 7.92. The molecule has 1 aliphatic heterocycles. The first-order valence-electron chi connectivity index (χ1n) is 12.9. The maximum Gasteiger partial charge on any atom is 0.262 e. The van der Waals surface area contributed by atoms with Gasteiger partial charge in [-0.2, -0.15) is 4.98 Å². The van der Waals surface area contributed by atoms with Crippen LogP contribution in [0.1, 0.15) is 26.3 Å². The Morgan fingerprint density at radius 1 is 1.09 bits per heavy atom. The van der Waals surface area contributed by atoms with Crippen molar-refractivity contribution in [1.82, 2.24) is 19.9 Å². The minimum absolute atomic E-state index is 0. The van der Waals surface area contributed by atoms with E-state index >= 15 is 13.2 Å². The second-order valence-corrected chi connectivity index (χ2v) is 12.1. The van der Waals surface area contributed by atoms with Gasteiger partial charge in [0.05, 0.1) is 15.5 Å². The Kier molecular flexibility index (Phi) is 9.54. The van der Waals surface area contributed by atoms with Crippen LogP contribution < -0.4 is 20.9 Å². The average Bonchev–Trinajstić information content (AvgIpc) is 2.95. The van der Waals surface area contributed by atoms with Crippen LogP contribution in [0.3, 0.4) is 0 Å². The smallest absolute Gasteiger partial charge is 0.262 e. The number of hydrogen-bond donors (Lipinski definition) is 3. The van der Waals surface area contributed by atoms with E-state index in [1.165, 1.54) is 41.1 Å². The molecule has 0 amide bonds. The molecule has 3 N–H and O–H groups in total. The fourth-order valence-electron chi connectivity index (χ4n) is 4.78. The van der Waals surface area contributed by atoms with Gasteiger partial charge < -0.3 is 10.6 Å². The summed E-state index contributed by atoms with van der Waals surface area (Å²) in [6.45, 7) is 4.02. The monoisotopic (exact) mass is 660 g/mol. The quantitative estimate of drug-likeness (QED) is 0.178. The summed E-state index contributed by atoms with van der Waals surface area (Å²) in [6, 6.07) is 6.98. The maximum absolute atomic E-state index is 15.5. The van der Waals surface area contributed by atoms with Gasteiger partial charge in [0.2, 0.25) is 5.95 Å². The largest absolute Gasteiger partial charge is 0.350 e. The lowest BCUT2D eigenvalue weighted by atomic mass is 10.0. The number of halogens is 6. The lowest BCUT2D eigenvalue weighted by Crippen LogP contribution is -2.44. The standard InChI is InChI=1S/C27H25ClF4N6O3S.ClH/c1-13(2)38-25-14(10-34-27(36-25)35-16-9-15(29)11-33-12-16)8-18(26(38)39)19-20(28)22(31)24(23(32)21(19)30)37-42(40,41)17-6-4-3-5-7-17;/h3-8,10,13,15-16,33,37H,9,11-12H2,1-2H3,(H,34,35,36);1H/t15-,16-;/m0./s1. The summed E-state index contributed by atoms with van der Waals surface area (Å²) in [4.78, 5) is 21.9. The number of benzene rings is 2. The number of anilines is 2. The van der Waals surface area contributed by atoms with Gasteiger partial charge in [0.25, 0.3) is 15.6 Å². The van der Waals surface area contributed by atoms with Crippen LogP contribution >= 0.6 is 24.0 Å². The maximum atomic E-state index is 15.5. The summed E-state index contributed by atoms with van der Waals surface area (Å²) in [6.07, 6.45) is 0.515. The number of sulfonamides is 1. The van der Waals surface area contributed by atoms with Crippen LogP contribution in [-0.4, -0.2) is 48.3 Å². The van der Waals surface area contributed by atoms with Gasteiger partial charge >= 0.3 is 0 Å². The molecule has 230 valence electrons. The van der Waals surface area contributed by atoms with E-state index in [1.807, 2.05) is 0 Å². The predicted molar refractivity (Wildman–Crippen MR) is 159 cm³/mol. The summed E-state index contributed by atoms with van der Waals surface area (Å²) in [5, 5.41) is 5.20. The SMILES string of the molecule is CC(C)n1c(=O)c(-c2c(F)c(F)c(NS(=O)(=O)c3ccccc3)c(F)c2Cl)cc2cnc(N[C@@H]3CNC[C@@H](F)C3)nc21.Cl. The van der Waals surface area contributed by atoms with Gasteiger partial charge in [-0.3, -0.25) is 14.1 Å². The van der Waals surface area contributed by atoms with Crippen LogP contribution in [0.4, 0.5) is 29.2 Å². The van der Waals surface area contributed by atoms with Gasteiger partial charge in [-0.1, -0.05) is 29.8 Å². The Bertz CT molecular complexity index is 1820. The number of hydrogen-bond acceptors (Lipinski definition) is 7. The van der Waals surface area contributed by atoms with E-state index in [1.54, 1.807) is 18.6 Å². The first-order chi connectivity index (χ1) is 19.9. The zero-order valence-electron chi connectivity index (χ0n) is 22.7. The van der Waals surface area contributed by atoms with Crippen molar-refractivity contribution >= 4 is 56.7 Å². The molecular weight excluding hydrogens is 635 g/mol. The predicted octanol–water partition coefficient (Wildman–Crippen LogP) is 5.44. The Morgan fingerprint density at radius 3 is 2.44 bits per heavy atom. The summed E-state index contributed by atoms with van der Waals surface area (Å²) in [7, 11) is -4.51. The van der Waals surface area contributed by atoms with Gasteiger partial charge in [0, 0.05) is 48.7 Å². The topological polar surface area (TPSA) is 118 Å². The van der Waals surface area contributed by atoms with Crippen molar-refractivity contribution in [2.24, 2.45) is 0 Å². The van der Waals surface area contributed by atoms with Crippen molar-refractivity contribution in [1.29, 1.82) is 0 Å². The number of alkyl halides is 1. The highest BCUT2D eigenvalue weighted by atomic mass is 35.5. The molecule has 2 aromatic carbocycles. The van der Waals surface area contributed by atoms with Crippen LogP contribution in [0, 0.1) is 17.5 Å². The van der Waals surface area contributed by atoms with E-state index in [-0.39, 0.29) is 53.3 Å². The number of nitrogens with zero attached hydrogens (tertiary/aromatic N) is 3. The normalized spacial score (nSPS) is 17.1. The summed E-state index contributed by atoms with van der Waals surface area (Å²) >= 11 is 6.14. The molecule has 3 heterocycles. The van der Waals surface area contributed by atoms with Gasteiger partial charge in [-0.25, -0.2) is 31.0 Å². The second-order valence-electron chi connectivity index (χ2n) is 10.1. The van der Waals surface area contributed by atoms with E-state index < -0.39 is 67.1 Å². The van der Waals surface area contributed by atoms with Crippen molar-refractivity contribution in [3.8, 4) is 11.1 Å². The third kappa shape index (κ3) is 6.28. The van der Waals surface area contributed by atoms with Gasteiger partial charge in [-0.05, 0) is 32.0 Å². The summed E-state index contributed by atoms with van der Waals surface area (Å²) in [5.74, 6) is -5.10. The molecule has 2 atom stereocenters. The van der Waals surface area contributed by atoms with Crippen LogP contribution in [-0.2, 0) is 10.0 Å². The molecule has 4 aromatic rings. The highest BCUT2D eigenvalue weighted by Gasteiger charge is 2.30. The zero-order chi connectivity index (χ0) is 30.3. The molecule has 1 aliphatic rings. The first kappa shape index (κ1) is 32.5. The Hall–Kier alpha value is -3.46. The fraction of sp³-hybridized carbons (Fsp3) is 0.296. The van der Waals surface area contributed by atoms with Gasteiger partial charge in [-0.15, -0.1) is 12.4 Å². The van der Waals surface area contributed by atoms with Crippen molar-refractivity contribution < 1.29 is 26.0 Å². The number of aromatic nitrogens is 3. The lowest BCUT2D eigenvalue weighted by Gasteiger charge is -2.26. The van der Waals surface area contributed by atoms with E-state index in [4.69, 9.17) is 11.6 Å². The van der Waals surface area contributed by atoms with Crippen LogP contribution in [0.25, 0.3) is 22.2 Å². The molecule has 0 spiro atoms. The number of pyridine rings is 1. The molecule has 1 saturated heterocycles. The molecule has 1 fully saturated rings. The minimum atomic E-state index is -4.51. The number of rotatable bonds is 7. The zero-order valence-corrected chi connectivity index (χ0v) is 25.1. The molecule has 0 saturated carbocycles. The van der Waals surface area contributed by atoms with Gasteiger partial charge in [0.1, 0.15) is 17.5 Å². The average molecular weight is 662 g/mol. The fourth-order valence-corrected chi connectivity index (χ4v) is 6.14. The summed E-state index contributed by atoms with van der Waals surface area (Å²) in [5.41, 5.74) is -3.43. The minimum Gasteiger partial charge on any atom is -0.350 e. The highest BCUT2D eigenvalue weighted by Crippen LogP contribution is 2.39. The van der Waals surface area contributed by atoms with E-state index in [0.29, 0.717) is 6.54 Å². The molecule has 0 bridgehead atoms. The number of piperidine rings is 1. The van der Waals surface area contributed by atoms with Crippen molar-refractivity contribution in [2.75, 3.05) is 23.1 Å². The second kappa shape index (κ2) is 12.6. The van der Waals surface area contributed by atoms with Crippen molar-refractivity contribution in [3.63, 3.8) is 0 Å². The lowest BCUT2D eigenvalue weighted by molar-refractivity contribution is 0.254. The molecule has 9 nitrogen and oxygen atoms in total. The third-order valence-electron chi connectivity index (χ3n) is 6.74. The Labute approximate surface area is 255 Å². The van der Waals surface area contributed by atoms with Crippen LogP contribution in [0.2, 0.25) is 5.02 Å². The Balaban J connectivity index is 0.00000423.